The quantitative estimate of drug-likeness (QED) is 0.0201. The van der Waals surface area contributed by atoms with Crippen molar-refractivity contribution in [1.29, 1.82) is 0 Å². The number of phosphoric ester groups is 1. The van der Waals surface area contributed by atoms with Crippen LogP contribution in [-0.2, 0) is 32.7 Å². The second-order valence-corrected chi connectivity index (χ2v) is 16.3. The number of phosphoric acid groups is 1. The molecule has 11 nitrogen and oxygen atoms in total. The number of esters is 1. The van der Waals surface area contributed by atoms with Gasteiger partial charge in [-0.25, -0.2) is 9.36 Å². The molecule has 0 aliphatic rings. The first-order valence-electron chi connectivity index (χ1n) is 22.6. The number of hydrogen-bond donors (Lipinski definition) is 4. The van der Waals surface area contributed by atoms with Gasteiger partial charge in [0.25, 0.3) is 0 Å². The van der Waals surface area contributed by atoms with Gasteiger partial charge in [-0.3, -0.25) is 18.6 Å². The highest BCUT2D eigenvalue weighted by Gasteiger charge is 2.28. The highest BCUT2D eigenvalue weighted by Crippen LogP contribution is 2.43. The average Bonchev–Trinajstić information content (AvgIpc) is 3.22. The third-order valence-corrected chi connectivity index (χ3v) is 10.1. The number of allylic oxidation sites excluding steroid dienone is 14. The van der Waals surface area contributed by atoms with Crippen LogP contribution in [-0.4, -0.2) is 64.9 Å². The molecule has 0 saturated carbocycles. The molecule has 1 amide bonds. The normalized spacial score (nSPS) is 14.5. The zero-order valence-electron chi connectivity index (χ0n) is 37.0. The Hall–Kier alpha value is -3.34. The van der Waals surface area contributed by atoms with Gasteiger partial charge in [-0.1, -0.05) is 150 Å². The van der Waals surface area contributed by atoms with Crippen LogP contribution >= 0.6 is 7.82 Å². The Bertz CT molecular complexity index is 1340. The molecule has 0 rings (SSSR count). The van der Waals surface area contributed by atoms with E-state index in [1.165, 1.54) is 38.5 Å². The van der Waals surface area contributed by atoms with Crippen LogP contribution in [0.1, 0.15) is 168 Å². The van der Waals surface area contributed by atoms with E-state index in [1.54, 1.807) is 0 Å². The van der Waals surface area contributed by atoms with Crippen LogP contribution in [0.2, 0.25) is 0 Å². The molecule has 0 saturated heterocycles. The van der Waals surface area contributed by atoms with E-state index in [-0.39, 0.29) is 12.8 Å². The maximum atomic E-state index is 12.3. The maximum absolute atomic E-state index is 12.3. The molecule has 0 aromatic heterocycles. The molecule has 4 N–H and O–H groups in total. The van der Waals surface area contributed by atoms with Crippen molar-refractivity contribution in [2.45, 2.75) is 180 Å². The Balaban J connectivity index is 3.98. The number of ether oxygens (including phenoxy) is 1. The van der Waals surface area contributed by atoms with E-state index in [9.17, 15) is 34.1 Å². The molecule has 0 spiro atoms. The van der Waals surface area contributed by atoms with Gasteiger partial charge >= 0.3 is 19.8 Å². The van der Waals surface area contributed by atoms with Gasteiger partial charge in [-0.15, -0.1) is 0 Å². The van der Waals surface area contributed by atoms with Gasteiger partial charge in [0.2, 0.25) is 5.91 Å². The first-order valence-corrected chi connectivity index (χ1v) is 24.1. The fourth-order valence-corrected chi connectivity index (χ4v) is 6.44. The highest BCUT2D eigenvalue weighted by atomic mass is 31.2. The van der Waals surface area contributed by atoms with Gasteiger partial charge in [-0.05, 0) is 89.9 Å². The Labute approximate surface area is 362 Å². The number of carbonyl (C=O) groups is 3. The van der Waals surface area contributed by atoms with Crippen LogP contribution in [0.25, 0.3) is 0 Å². The minimum Gasteiger partial charge on any atom is -0.480 e. The van der Waals surface area contributed by atoms with Crippen molar-refractivity contribution < 1.29 is 47.8 Å². The van der Waals surface area contributed by atoms with E-state index < -0.39 is 57.6 Å². The summed E-state index contributed by atoms with van der Waals surface area (Å²) in [6, 6.07) is -1.56. The molecule has 0 bridgehead atoms. The number of aliphatic carboxylic acids is 1. The van der Waals surface area contributed by atoms with Gasteiger partial charge in [0.15, 0.2) is 6.04 Å². The SMILES string of the molecule is CC/C=C\C/C=C\C/C=C\C/C=C\C/C=C\C/C=C\CCCCC(=O)OCC(O)COP(=O)(O)OCC(NC(=O)CCCCCCC/C=C\CCCCCCCC)C(=O)O. The van der Waals surface area contributed by atoms with Crippen LogP contribution in [0.4, 0.5) is 0 Å². The molecule has 3 unspecified atom stereocenters. The first-order chi connectivity index (χ1) is 29.1. The first kappa shape index (κ1) is 56.7. The number of aliphatic hydroxyl groups excluding tert-OH is 1. The molecule has 60 heavy (non-hydrogen) atoms. The maximum Gasteiger partial charge on any atom is 0.472 e. The Morgan fingerprint density at radius 1 is 0.550 bits per heavy atom. The van der Waals surface area contributed by atoms with Gasteiger partial charge in [0, 0.05) is 12.8 Å². The molecule has 3 atom stereocenters. The average molecular weight is 862 g/mol. The number of rotatable bonds is 41. The molecule has 0 radical (unpaired) electrons. The summed E-state index contributed by atoms with van der Waals surface area (Å²) in [5, 5.41) is 21.8. The Morgan fingerprint density at radius 3 is 1.48 bits per heavy atom. The second-order valence-electron chi connectivity index (χ2n) is 14.9. The second kappa shape index (κ2) is 42.4. The molecule has 0 aromatic rings. The van der Waals surface area contributed by atoms with E-state index in [2.05, 4.69) is 104 Å². The van der Waals surface area contributed by atoms with Crippen molar-refractivity contribution in [1.82, 2.24) is 5.32 Å². The summed E-state index contributed by atoms with van der Waals surface area (Å²) in [7, 11) is -4.77. The largest absolute Gasteiger partial charge is 0.480 e. The summed E-state index contributed by atoms with van der Waals surface area (Å²) in [6.07, 6.45) is 51.8. The molecule has 0 heterocycles. The molecule has 12 heteroatoms. The van der Waals surface area contributed by atoms with Gasteiger partial charge in [-0.2, -0.15) is 0 Å². The molecular weight excluding hydrogens is 781 g/mol. The lowest BCUT2D eigenvalue weighted by Crippen LogP contribution is -2.43. The van der Waals surface area contributed by atoms with Crippen molar-refractivity contribution in [2.75, 3.05) is 19.8 Å². The standard InChI is InChI=1S/C48H80NO10P/c1-3-5-7-9-11-13-15-17-19-20-21-22-23-24-26-28-30-32-34-36-38-40-47(52)57-41-44(50)42-58-60(55,56)59-43-45(48(53)54)49-46(51)39-37-35-33-31-29-27-25-18-16-14-12-10-8-6-4-2/h5,7,11,13,17-19,21-22,24-26,30,32,44-45,50H,3-4,6,8-10,12,14-16,20,23,27-29,31,33-43H2,1-2H3,(H,49,51)(H,53,54)(H,55,56)/b7-5-,13-11-,19-17-,22-21-,25-18-,26-24-,32-30-. The lowest BCUT2D eigenvalue weighted by molar-refractivity contribution is -0.147. The Kier molecular flexibility index (Phi) is 40.0. The predicted molar refractivity (Wildman–Crippen MR) is 244 cm³/mol. The topological polar surface area (TPSA) is 169 Å². The van der Waals surface area contributed by atoms with E-state index in [1.807, 2.05) is 0 Å². The smallest absolute Gasteiger partial charge is 0.472 e. The molecular formula is C48H80NO10P. The molecule has 0 aromatic carbocycles. The summed E-state index contributed by atoms with van der Waals surface area (Å²) in [6.45, 7) is 2.41. The van der Waals surface area contributed by atoms with Crippen molar-refractivity contribution in [2.24, 2.45) is 0 Å². The molecule has 342 valence electrons. The summed E-state index contributed by atoms with van der Waals surface area (Å²) in [4.78, 5) is 45.9. The number of carboxylic acids is 1. The fourth-order valence-electron chi connectivity index (χ4n) is 5.66. The van der Waals surface area contributed by atoms with Crippen LogP contribution in [0.3, 0.4) is 0 Å². The van der Waals surface area contributed by atoms with Gasteiger partial charge < -0.3 is 25.2 Å². The van der Waals surface area contributed by atoms with E-state index in [0.29, 0.717) is 12.8 Å². The number of nitrogens with one attached hydrogen (secondary N) is 1. The van der Waals surface area contributed by atoms with Crippen molar-refractivity contribution >= 4 is 25.7 Å². The Morgan fingerprint density at radius 2 is 0.967 bits per heavy atom. The van der Waals surface area contributed by atoms with E-state index in [0.717, 1.165) is 89.9 Å². The molecule has 0 aliphatic carbocycles. The van der Waals surface area contributed by atoms with Crippen molar-refractivity contribution in [3.8, 4) is 0 Å². The zero-order valence-corrected chi connectivity index (χ0v) is 37.9. The fraction of sp³-hybridized carbons (Fsp3) is 0.646. The lowest BCUT2D eigenvalue weighted by Gasteiger charge is -2.18. The monoisotopic (exact) mass is 862 g/mol. The number of carbonyl (C=O) groups excluding carboxylic acids is 2. The van der Waals surface area contributed by atoms with E-state index in [4.69, 9.17) is 13.8 Å². The number of unbranched alkanes of at least 4 members (excludes halogenated alkanes) is 13. The summed E-state index contributed by atoms with van der Waals surface area (Å²) in [5.74, 6) is -2.44. The highest BCUT2D eigenvalue weighted by molar-refractivity contribution is 7.47. The van der Waals surface area contributed by atoms with Crippen LogP contribution in [0, 0.1) is 0 Å². The van der Waals surface area contributed by atoms with Crippen LogP contribution in [0.5, 0.6) is 0 Å². The number of carboxylic acid groups (broad SMARTS) is 1. The third-order valence-electron chi connectivity index (χ3n) is 9.17. The molecule has 0 fully saturated rings. The van der Waals surface area contributed by atoms with Gasteiger partial charge in [0.05, 0.1) is 13.2 Å². The number of amides is 1. The lowest BCUT2D eigenvalue weighted by atomic mass is 10.1. The van der Waals surface area contributed by atoms with Gasteiger partial charge in [0.1, 0.15) is 12.7 Å². The number of hydrogen-bond acceptors (Lipinski definition) is 8. The van der Waals surface area contributed by atoms with Crippen LogP contribution < -0.4 is 5.32 Å². The number of aliphatic hydroxyl groups is 1. The minimum absolute atomic E-state index is 0.129. The van der Waals surface area contributed by atoms with Crippen molar-refractivity contribution in [3.63, 3.8) is 0 Å². The summed E-state index contributed by atoms with van der Waals surface area (Å²) in [5.41, 5.74) is 0. The molecule has 0 aliphatic heterocycles. The zero-order chi connectivity index (χ0) is 44.2. The van der Waals surface area contributed by atoms with Crippen LogP contribution in [0.15, 0.2) is 85.1 Å². The van der Waals surface area contributed by atoms with Crippen molar-refractivity contribution in [3.05, 3.63) is 85.1 Å². The summed E-state index contributed by atoms with van der Waals surface area (Å²) < 4.78 is 26.8. The summed E-state index contributed by atoms with van der Waals surface area (Å²) >= 11 is 0. The van der Waals surface area contributed by atoms with E-state index >= 15 is 0 Å². The predicted octanol–water partition coefficient (Wildman–Crippen LogP) is 11.9. The minimum atomic E-state index is -4.77. The third kappa shape index (κ3) is 41.4.